The molecule has 2 atom stereocenters. The quantitative estimate of drug-likeness (QED) is 0.238. The maximum atomic E-state index is 13.4. The summed E-state index contributed by atoms with van der Waals surface area (Å²) in [5.41, 5.74) is 4.86. The first-order chi connectivity index (χ1) is 20.3. The number of aliphatic carboxylic acids is 1. The molecule has 0 aliphatic heterocycles. The second-order valence-electron chi connectivity index (χ2n) is 12.3. The molecule has 0 aromatic heterocycles. The monoisotopic (exact) mass is 609 g/mol. The van der Waals surface area contributed by atoms with Crippen molar-refractivity contribution >= 4 is 27.6 Å². The van der Waals surface area contributed by atoms with E-state index in [1.165, 1.54) is 29.4 Å². The number of rotatable bonds is 14. The second kappa shape index (κ2) is 14.0. The Morgan fingerprint density at radius 3 is 2.51 bits per heavy atom. The number of aliphatic hydroxyl groups excluding tert-OH is 1. The number of aliphatic hydroxyl groups is 1. The molecule has 2 aromatic carbocycles. The van der Waals surface area contributed by atoms with Crippen LogP contribution >= 0.6 is 0 Å². The maximum Gasteiger partial charge on any atom is 0.303 e. The van der Waals surface area contributed by atoms with Crippen molar-refractivity contribution in [1.82, 2.24) is 9.62 Å². The van der Waals surface area contributed by atoms with E-state index in [0.717, 1.165) is 31.2 Å². The second-order valence-corrected chi connectivity index (χ2v) is 14.3. The Bertz CT molecular complexity index is 1480. The van der Waals surface area contributed by atoms with Gasteiger partial charge in [0.1, 0.15) is 0 Å². The third kappa shape index (κ3) is 9.09. The molecule has 0 saturated carbocycles. The number of likely N-dealkylation sites (N-methyl/N-ethyl adjacent to an activating group) is 1. The van der Waals surface area contributed by atoms with Crippen LogP contribution in [0.15, 0.2) is 76.7 Å². The molecule has 9 nitrogen and oxygen atoms in total. The minimum Gasteiger partial charge on any atom is -0.481 e. The lowest BCUT2D eigenvalue weighted by molar-refractivity contribution is -0.138. The van der Waals surface area contributed by atoms with Crippen molar-refractivity contribution < 1.29 is 28.2 Å². The SMILES string of the molecule is CN(C[C@H](O)CNC(C)(C)CC1CC2=C(CCC=C2)C1)S(=O)(=O)c1cccc(-c2ccc(NC(=O)CCC(=O)O)cc2)c1. The minimum absolute atomic E-state index is 0.0456. The van der Waals surface area contributed by atoms with E-state index in [1.54, 1.807) is 48.0 Å². The average molecular weight is 610 g/mol. The van der Waals surface area contributed by atoms with E-state index in [9.17, 15) is 23.1 Å². The van der Waals surface area contributed by atoms with Crippen LogP contribution in [-0.2, 0) is 19.6 Å². The highest BCUT2D eigenvalue weighted by atomic mass is 32.2. The number of nitrogens with one attached hydrogen (secondary N) is 2. The Morgan fingerprint density at radius 2 is 1.81 bits per heavy atom. The highest BCUT2D eigenvalue weighted by Crippen LogP contribution is 2.40. The van der Waals surface area contributed by atoms with Gasteiger partial charge in [0.2, 0.25) is 15.9 Å². The third-order valence-corrected chi connectivity index (χ3v) is 9.94. The molecule has 0 saturated heterocycles. The molecule has 43 heavy (non-hydrogen) atoms. The number of nitrogens with zero attached hydrogens (tertiary/aromatic N) is 1. The van der Waals surface area contributed by atoms with Crippen molar-refractivity contribution in [2.24, 2.45) is 5.92 Å². The number of carboxylic acids is 1. The first-order valence-electron chi connectivity index (χ1n) is 14.8. The molecule has 10 heteroatoms. The van der Waals surface area contributed by atoms with Crippen LogP contribution in [0, 0.1) is 5.92 Å². The number of hydrogen-bond acceptors (Lipinski definition) is 6. The Balaban J connectivity index is 1.30. The molecule has 2 aliphatic rings. The molecule has 1 amide bonds. The van der Waals surface area contributed by atoms with Gasteiger partial charge in [-0.3, -0.25) is 9.59 Å². The van der Waals surface area contributed by atoms with E-state index in [0.29, 0.717) is 17.2 Å². The van der Waals surface area contributed by atoms with Gasteiger partial charge in [-0.1, -0.05) is 42.0 Å². The Kier molecular flexibility index (Phi) is 10.6. The molecule has 0 radical (unpaired) electrons. The number of carbonyl (C=O) groups is 2. The van der Waals surface area contributed by atoms with Crippen LogP contribution in [0.2, 0.25) is 0 Å². The summed E-state index contributed by atoms with van der Waals surface area (Å²) in [6.45, 7) is 4.51. The van der Waals surface area contributed by atoms with Gasteiger partial charge in [0.15, 0.2) is 0 Å². The van der Waals surface area contributed by atoms with E-state index >= 15 is 0 Å². The number of β-amino-alcohol motifs (C(OH)–C–C–N with tert-alkyl or cyclic N) is 1. The number of hydrogen-bond donors (Lipinski definition) is 4. The van der Waals surface area contributed by atoms with Crippen molar-refractivity contribution in [3.8, 4) is 11.1 Å². The molecule has 0 bridgehead atoms. The summed E-state index contributed by atoms with van der Waals surface area (Å²) >= 11 is 0. The summed E-state index contributed by atoms with van der Waals surface area (Å²) in [5, 5.41) is 25.6. The highest BCUT2D eigenvalue weighted by molar-refractivity contribution is 7.89. The van der Waals surface area contributed by atoms with Gasteiger partial charge in [-0.15, -0.1) is 0 Å². The zero-order valence-corrected chi connectivity index (χ0v) is 26.0. The van der Waals surface area contributed by atoms with Gasteiger partial charge in [0, 0.05) is 37.8 Å². The fourth-order valence-corrected chi connectivity index (χ4v) is 7.19. The van der Waals surface area contributed by atoms with Crippen LogP contribution in [0.5, 0.6) is 0 Å². The summed E-state index contributed by atoms with van der Waals surface area (Å²) in [6, 6.07) is 13.5. The van der Waals surface area contributed by atoms with Crippen LogP contribution in [0.1, 0.15) is 58.8 Å². The summed E-state index contributed by atoms with van der Waals surface area (Å²) in [5.74, 6) is -0.847. The normalized spacial score (nSPS) is 17.7. The number of anilines is 1. The molecule has 4 rings (SSSR count). The fraction of sp³-hybridized carbons (Fsp3) is 0.455. The van der Waals surface area contributed by atoms with Crippen molar-refractivity contribution in [2.75, 3.05) is 25.5 Å². The number of carboxylic acid groups (broad SMARTS) is 1. The van der Waals surface area contributed by atoms with Crippen molar-refractivity contribution in [1.29, 1.82) is 0 Å². The van der Waals surface area contributed by atoms with E-state index in [2.05, 4.69) is 36.6 Å². The third-order valence-electron chi connectivity index (χ3n) is 8.12. The van der Waals surface area contributed by atoms with Gasteiger partial charge in [0.05, 0.1) is 17.4 Å². The smallest absolute Gasteiger partial charge is 0.303 e. The average Bonchev–Trinajstić information content (AvgIpc) is 3.37. The Morgan fingerprint density at radius 1 is 1.07 bits per heavy atom. The standard InChI is InChI=1S/C33H43N3O6S/c1-33(2,20-23-17-25-7-4-5-8-26(25)18-23)34-21-29(37)22-36(3)43(41,42)30-10-6-9-27(19-30)24-11-13-28(14-12-24)35-31(38)15-16-32(39)40/h4,6-7,9-14,19,23,29,34,37H,5,8,15-18,20-22H2,1-3H3,(H,35,38)(H,39,40)/t23?,29-/m1/s1. The Hall–Kier alpha value is -3.31. The fourth-order valence-electron chi connectivity index (χ4n) is 5.94. The van der Waals surface area contributed by atoms with Crippen molar-refractivity contribution in [3.05, 3.63) is 71.8 Å². The van der Waals surface area contributed by atoms with E-state index in [4.69, 9.17) is 5.11 Å². The molecular formula is C33H43N3O6S. The highest BCUT2D eigenvalue weighted by Gasteiger charge is 2.30. The van der Waals surface area contributed by atoms with E-state index < -0.39 is 28.0 Å². The van der Waals surface area contributed by atoms with Gasteiger partial charge in [-0.2, -0.15) is 4.31 Å². The van der Waals surface area contributed by atoms with Gasteiger partial charge in [-0.25, -0.2) is 8.42 Å². The zero-order valence-electron chi connectivity index (χ0n) is 25.2. The van der Waals surface area contributed by atoms with E-state index in [1.807, 2.05) is 0 Å². The molecule has 4 N–H and O–H groups in total. The topological polar surface area (TPSA) is 136 Å². The zero-order chi connectivity index (χ0) is 31.2. The summed E-state index contributed by atoms with van der Waals surface area (Å²) in [7, 11) is -2.39. The van der Waals surface area contributed by atoms with Gasteiger partial charge < -0.3 is 20.8 Å². The number of carbonyl (C=O) groups excluding carboxylic acids is 1. The van der Waals surface area contributed by atoms with Crippen LogP contribution < -0.4 is 10.6 Å². The predicted molar refractivity (Wildman–Crippen MR) is 168 cm³/mol. The lowest BCUT2D eigenvalue weighted by atomic mass is 9.88. The number of amides is 1. The van der Waals surface area contributed by atoms with Gasteiger partial charge in [0.25, 0.3) is 0 Å². The first kappa shape index (κ1) is 32.6. The lowest BCUT2D eigenvalue weighted by Gasteiger charge is -2.31. The minimum atomic E-state index is -3.86. The lowest BCUT2D eigenvalue weighted by Crippen LogP contribution is -2.47. The van der Waals surface area contributed by atoms with Gasteiger partial charge in [-0.05, 0) is 92.8 Å². The predicted octanol–water partition coefficient (Wildman–Crippen LogP) is 4.95. The molecule has 232 valence electrons. The van der Waals surface area contributed by atoms with E-state index in [-0.39, 0.29) is 36.4 Å². The van der Waals surface area contributed by atoms with Crippen LogP contribution in [0.25, 0.3) is 11.1 Å². The molecule has 0 fully saturated rings. The van der Waals surface area contributed by atoms with Crippen LogP contribution in [-0.4, -0.2) is 66.6 Å². The largest absolute Gasteiger partial charge is 0.481 e. The number of sulfonamides is 1. The maximum absolute atomic E-state index is 13.4. The molecule has 0 spiro atoms. The number of allylic oxidation sites excluding steroid dienone is 4. The van der Waals surface area contributed by atoms with Crippen molar-refractivity contribution in [2.45, 2.75) is 75.3 Å². The number of benzene rings is 2. The van der Waals surface area contributed by atoms with Crippen LogP contribution in [0.4, 0.5) is 5.69 Å². The Labute approximate surface area is 254 Å². The summed E-state index contributed by atoms with van der Waals surface area (Å²) in [4.78, 5) is 22.7. The van der Waals surface area contributed by atoms with Crippen molar-refractivity contribution in [3.63, 3.8) is 0 Å². The molecule has 1 unspecified atom stereocenters. The first-order valence-corrected chi connectivity index (χ1v) is 16.3. The summed E-state index contributed by atoms with van der Waals surface area (Å²) in [6.07, 6.45) is 8.83. The molecule has 2 aromatic rings. The molecule has 0 heterocycles. The van der Waals surface area contributed by atoms with Crippen LogP contribution in [0.3, 0.4) is 0 Å². The summed E-state index contributed by atoms with van der Waals surface area (Å²) < 4.78 is 28.0. The van der Waals surface area contributed by atoms with Gasteiger partial charge >= 0.3 is 5.97 Å². The molecular weight excluding hydrogens is 566 g/mol. The molecule has 2 aliphatic carbocycles.